The lowest BCUT2D eigenvalue weighted by atomic mass is 10.2. The third kappa shape index (κ3) is 6.87. The topological polar surface area (TPSA) is 46.2 Å². The Morgan fingerprint density at radius 3 is 2.56 bits per heavy atom. The molecule has 0 saturated heterocycles. The Hall–Kier alpha value is -0.520. The van der Waals surface area contributed by atoms with Gasteiger partial charge in [-0.25, -0.2) is 13.1 Å². The van der Waals surface area contributed by atoms with Gasteiger partial charge in [0, 0.05) is 12.3 Å². The fraction of sp³-hybridized carbons (Fsp3) is 0.455. The van der Waals surface area contributed by atoms with Crippen LogP contribution in [0.2, 0.25) is 0 Å². The molecular formula is C11H17NO2S2. The van der Waals surface area contributed by atoms with Crippen LogP contribution < -0.4 is 4.72 Å². The first-order valence-corrected chi connectivity index (χ1v) is 8.19. The third-order valence-electron chi connectivity index (χ3n) is 1.94. The fourth-order valence-corrected chi connectivity index (χ4v) is 2.63. The van der Waals surface area contributed by atoms with Crippen LogP contribution in [0.3, 0.4) is 0 Å². The van der Waals surface area contributed by atoms with Crippen molar-refractivity contribution >= 4 is 21.8 Å². The first-order chi connectivity index (χ1) is 7.58. The molecule has 1 N–H and O–H groups in total. The van der Waals surface area contributed by atoms with E-state index in [9.17, 15) is 8.42 Å². The van der Waals surface area contributed by atoms with Gasteiger partial charge in [-0.1, -0.05) is 30.3 Å². The molecule has 0 fully saturated rings. The van der Waals surface area contributed by atoms with Gasteiger partial charge in [0.05, 0.1) is 6.26 Å². The van der Waals surface area contributed by atoms with Crippen molar-refractivity contribution in [3.63, 3.8) is 0 Å². The Morgan fingerprint density at radius 2 is 1.94 bits per heavy atom. The van der Waals surface area contributed by atoms with Gasteiger partial charge in [-0.05, 0) is 17.7 Å². The van der Waals surface area contributed by atoms with Crippen molar-refractivity contribution in [2.24, 2.45) is 0 Å². The molecule has 1 rings (SSSR count). The van der Waals surface area contributed by atoms with E-state index < -0.39 is 10.0 Å². The Labute approximate surface area is 102 Å². The Balaban J connectivity index is 2.05. The summed E-state index contributed by atoms with van der Waals surface area (Å²) in [5.41, 5.74) is 1.31. The molecule has 0 aliphatic carbocycles. The molecule has 1 aromatic carbocycles. The maximum Gasteiger partial charge on any atom is 0.208 e. The summed E-state index contributed by atoms with van der Waals surface area (Å²) in [5, 5.41) is 0. The van der Waals surface area contributed by atoms with Crippen molar-refractivity contribution in [3.8, 4) is 0 Å². The second-order valence-electron chi connectivity index (χ2n) is 3.56. The van der Waals surface area contributed by atoms with Gasteiger partial charge in [-0.15, -0.1) is 0 Å². The molecule has 0 amide bonds. The molecule has 0 aliphatic rings. The van der Waals surface area contributed by atoms with E-state index in [0.717, 1.165) is 17.9 Å². The molecule has 3 nitrogen and oxygen atoms in total. The summed E-state index contributed by atoms with van der Waals surface area (Å²) in [6.45, 7) is 0.528. The zero-order valence-corrected chi connectivity index (χ0v) is 11.0. The second-order valence-corrected chi connectivity index (χ2v) is 6.50. The number of hydrogen-bond donors (Lipinski definition) is 1. The quantitative estimate of drug-likeness (QED) is 0.760. The van der Waals surface area contributed by atoms with Crippen molar-refractivity contribution in [1.82, 2.24) is 4.72 Å². The van der Waals surface area contributed by atoms with E-state index in [2.05, 4.69) is 16.9 Å². The predicted molar refractivity (Wildman–Crippen MR) is 70.1 cm³/mol. The molecule has 0 bridgehead atoms. The van der Waals surface area contributed by atoms with Crippen molar-refractivity contribution in [3.05, 3.63) is 35.9 Å². The molecule has 16 heavy (non-hydrogen) atoms. The molecule has 0 aliphatic heterocycles. The van der Waals surface area contributed by atoms with Crippen LogP contribution in [0.25, 0.3) is 0 Å². The lowest BCUT2D eigenvalue weighted by molar-refractivity contribution is 0.587. The standard InChI is InChI=1S/C11H17NO2S2/c1-16(13,14)12-8-5-9-15-10-11-6-3-2-4-7-11/h2-4,6-7,12H,5,8-10H2,1H3. The van der Waals surface area contributed by atoms with Crippen molar-refractivity contribution < 1.29 is 8.42 Å². The SMILES string of the molecule is CS(=O)(=O)NCCCSCc1ccccc1. The van der Waals surface area contributed by atoms with Crippen LogP contribution in [0.5, 0.6) is 0 Å². The molecule has 0 saturated carbocycles. The monoisotopic (exact) mass is 259 g/mol. The Kier molecular flexibility index (Phi) is 5.87. The summed E-state index contributed by atoms with van der Waals surface area (Å²) in [6, 6.07) is 10.3. The lowest BCUT2D eigenvalue weighted by Crippen LogP contribution is -2.23. The average Bonchev–Trinajstić information content (AvgIpc) is 2.23. The normalized spacial score (nSPS) is 11.6. The van der Waals surface area contributed by atoms with Gasteiger partial charge in [0.2, 0.25) is 10.0 Å². The molecule has 0 heterocycles. The van der Waals surface area contributed by atoms with Crippen molar-refractivity contribution in [2.75, 3.05) is 18.6 Å². The average molecular weight is 259 g/mol. The van der Waals surface area contributed by atoms with E-state index in [1.54, 1.807) is 0 Å². The van der Waals surface area contributed by atoms with E-state index in [1.807, 2.05) is 30.0 Å². The van der Waals surface area contributed by atoms with Gasteiger partial charge < -0.3 is 0 Å². The molecule has 0 aromatic heterocycles. The largest absolute Gasteiger partial charge is 0.215 e. The van der Waals surface area contributed by atoms with Crippen LogP contribution in [0.15, 0.2) is 30.3 Å². The van der Waals surface area contributed by atoms with Crippen LogP contribution in [-0.2, 0) is 15.8 Å². The van der Waals surface area contributed by atoms with E-state index in [0.29, 0.717) is 6.54 Å². The molecule has 5 heteroatoms. The Morgan fingerprint density at radius 1 is 1.25 bits per heavy atom. The molecular weight excluding hydrogens is 242 g/mol. The summed E-state index contributed by atoms with van der Waals surface area (Å²) < 4.78 is 24.0. The van der Waals surface area contributed by atoms with E-state index in [1.165, 1.54) is 11.8 Å². The minimum atomic E-state index is -3.02. The summed E-state index contributed by atoms with van der Waals surface area (Å²) in [4.78, 5) is 0. The first kappa shape index (κ1) is 13.5. The predicted octanol–water partition coefficient (Wildman–Crippen LogP) is 1.86. The number of hydrogen-bond acceptors (Lipinski definition) is 3. The van der Waals surface area contributed by atoms with Crippen LogP contribution in [0.4, 0.5) is 0 Å². The summed E-state index contributed by atoms with van der Waals surface area (Å²) in [6.07, 6.45) is 2.05. The van der Waals surface area contributed by atoms with Gasteiger partial charge in [-0.3, -0.25) is 0 Å². The van der Waals surface area contributed by atoms with Gasteiger partial charge in [0.15, 0.2) is 0 Å². The highest BCUT2D eigenvalue weighted by Gasteiger charge is 1.98. The number of rotatable bonds is 7. The molecule has 0 spiro atoms. The lowest BCUT2D eigenvalue weighted by Gasteiger charge is -2.03. The maximum absolute atomic E-state index is 10.8. The first-order valence-electron chi connectivity index (χ1n) is 5.14. The zero-order valence-electron chi connectivity index (χ0n) is 9.35. The van der Waals surface area contributed by atoms with E-state index in [-0.39, 0.29) is 0 Å². The highest BCUT2D eigenvalue weighted by Crippen LogP contribution is 2.12. The van der Waals surface area contributed by atoms with Crippen LogP contribution >= 0.6 is 11.8 Å². The highest BCUT2D eigenvalue weighted by molar-refractivity contribution is 7.98. The third-order valence-corrected chi connectivity index (χ3v) is 3.78. The number of benzene rings is 1. The molecule has 0 atom stereocenters. The van der Waals surface area contributed by atoms with Crippen molar-refractivity contribution in [1.29, 1.82) is 0 Å². The fourth-order valence-electron chi connectivity index (χ4n) is 1.20. The van der Waals surface area contributed by atoms with E-state index >= 15 is 0 Å². The number of thioether (sulfide) groups is 1. The van der Waals surface area contributed by atoms with Gasteiger partial charge in [0.25, 0.3) is 0 Å². The van der Waals surface area contributed by atoms with Crippen LogP contribution in [0, 0.1) is 0 Å². The number of sulfonamides is 1. The Bertz CT molecular complexity index is 390. The minimum absolute atomic E-state index is 0.528. The molecule has 1 aromatic rings. The maximum atomic E-state index is 10.8. The van der Waals surface area contributed by atoms with Gasteiger partial charge >= 0.3 is 0 Å². The highest BCUT2D eigenvalue weighted by atomic mass is 32.2. The second kappa shape index (κ2) is 6.93. The molecule has 0 radical (unpaired) electrons. The van der Waals surface area contributed by atoms with Crippen molar-refractivity contribution in [2.45, 2.75) is 12.2 Å². The zero-order chi connectivity index (χ0) is 11.9. The van der Waals surface area contributed by atoms with E-state index in [4.69, 9.17) is 0 Å². The molecule has 90 valence electrons. The smallest absolute Gasteiger partial charge is 0.208 e. The van der Waals surface area contributed by atoms with Crippen LogP contribution in [0.1, 0.15) is 12.0 Å². The van der Waals surface area contributed by atoms with Crippen LogP contribution in [-0.4, -0.2) is 27.0 Å². The summed E-state index contributed by atoms with van der Waals surface area (Å²) in [7, 11) is -3.02. The molecule has 0 unspecified atom stereocenters. The minimum Gasteiger partial charge on any atom is -0.215 e. The summed E-state index contributed by atoms with van der Waals surface area (Å²) >= 11 is 1.82. The van der Waals surface area contributed by atoms with Gasteiger partial charge in [0.1, 0.15) is 0 Å². The van der Waals surface area contributed by atoms with Gasteiger partial charge in [-0.2, -0.15) is 11.8 Å². The summed E-state index contributed by atoms with van der Waals surface area (Å²) in [5.74, 6) is 1.96. The number of nitrogens with one attached hydrogen (secondary N) is 1.